The number of amides is 1. The van der Waals surface area contributed by atoms with E-state index >= 15 is 0 Å². The predicted octanol–water partition coefficient (Wildman–Crippen LogP) is 1.07. The fourth-order valence-electron chi connectivity index (χ4n) is 0.671. The van der Waals surface area contributed by atoms with E-state index in [9.17, 15) is 4.79 Å². The summed E-state index contributed by atoms with van der Waals surface area (Å²) in [6, 6.07) is 0. The molecule has 1 saturated heterocycles. The van der Waals surface area contributed by atoms with Crippen LogP contribution >= 0.6 is 0 Å². The van der Waals surface area contributed by atoms with Gasteiger partial charge in [0.2, 0.25) is 0 Å². The van der Waals surface area contributed by atoms with Crippen LogP contribution in [0.1, 0.15) is 19.3 Å². The molecule has 0 aromatic carbocycles. The van der Waals surface area contributed by atoms with Crippen molar-refractivity contribution in [2.24, 2.45) is 0 Å². The predicted molar refractivity (Wildman–Crippen MR) is 27.1 cm³/mol. The van der Waals surface area contributed by atoms with Crippen LogP contribution in [0.4, 0.5) is 0 Å². The summed E-state index contributed by atoms with van der Waals surface area (Å²) in [5, 5.41) is 3.69. The first-order valence-electron chi connectivity index (χ1n) is 2.60. The Hall–Kier alpha value is -1.53. The Morgan fingerprint density at radius 1 is 1.38 bits per heavy atom. The van der Waals surface area contributed by atoms with Crippen LogP contribution in [0.25, 0.3) is 5.32 Å². The zero-order valence-electron chi connectivity index (χ0n) is 4.89. The van der Waals surface area contributed by atoms with Gasteiger partial charge in [0.25, 0.3) is 0 Å². The molecule has 0 aromatic rings. The molecule has 1 aliphatic rings. The topological polar surface area (TPSA) is 31.2 Å². The Morgan fingerprint density at radius 3 is 2.38 bits per heavy atom. The van der Waals surface area contributed by atoms with Crippen molar-refractivity contribution in [3.05, 3.63) is 5.32 Å². The van der Waals surface area contributed by atoms with Gasteiger partial charge in [-0.2, -0.15) is 0 Å². The second-order valence-electron chi connectivity index (χ2n) is 1.73. The van der Waals surface area contributed by atoms with Gasteiger partial charge in [-0.05, 0) is 12.8 Å². The van der Waals surface area contributed by atoms with Crippen LogP contribution in [0, 0.1) is 0 Å². The Morgan fingerprint density at radius 2 is 2.12 bits per heavy atom. The second kappa shape index (κ2) is 2.61. The van der Waals surface area contributed by atoms with Gasteiger partial charge in [-0.1, -0.05) is 6.42 Å². The number of nitrogens with zero attached hydrogens (tertiary/aromatic N) is 1. The monoisotopic (exact) mass is 365 g/mol. The van der Waals surface area contributed by atoms with Crippen molar-refractivity contribution in [2.75, 3.05) is 6.54 Å². The van der Waals surface area contributed by atoms with Crippen LogP contribution in [0.5, 0.6) is 0 Å². The van der Waals surface area contributed by atoms with Gasteiger partial charge < -0.3 is 10.1 Å². The maximum Gasteiger partial charge on any atom is 0.0511 e. The summed E-state index contributed by atoms with van der Waals surface area (Å²) in [5.74, 6) is 0.0891. The number of rotatable bonds is 0. The first-order chi connectivity index (χ1) is 3.39. The average molecular weight is 365 g/mol. The van der Waals surface area contributed by atoms with Gasteiger partial charge in [-0.15, -0.1) is 6.54 Å². The molecule has 0 N–H and O–H groups in total. The summed E-state index contributed by atoms with van der Waals surface area (Å²) in [6.07, 6.45) is 2.83. The Kier molecular flexibility index (Phi) is 2.11. The Bertz CT molecular complexity index is 76.5. The molecule has 1 aliphatic heterocycles. The first kappa shape index (κ1) is 6.47. The fraction of sp³-hybridized carbons (Fsp3) is 0.800. The third-order valence-corrected chi connectivity index (χ3v) is 1.09. The molecule has 42 valence electrons. The van der Waals surface area contributed by atoms with Crippen LogP contribution in [-0.2, 0) is 4.79 Å². The summed E-state index contributed by atoms with van der Waals surface area (Å²) in [6.45, 7) is 0.763. The van der Waals surface area contributed by atoms with E-state index in [4.69, 9.17) is 0 Å². The van der Waals surface area contributed by atoms with Crippen LogP contribution < -0.4 is 0 Å². The van der Waals surface area contributed by atoms with Gasteiger partial charge in [-0.3, -0.25) is 0 Å². The van der Waals surface area contributed by atoms with E-state index in [1.807, 2.05) is 0 Å². The number of carbonyl (C=O) groups excluding carboxylic acids is 1. The molecule has 0 aromatic heterocycles. The normalized spacial score (nSPS) is 18.8. The van der Waals surface area contributed by atoms with E-state index in [-0.39, 0.29) is 5.91 Å². The molecule has 0 unspecified atom stereocenters. The minimum absolute atomic E-state index is 0. The molecule has 1 rings (SSSR count). The molecule has 0 aliphatic carbocycles. The summed E-state index contributed by atoms with van der Waals surface area (Å²) < 4.78 is 0. The van der Waals surface area contributed by atoms with Gasteiger partial charge >= 0.3 is 0 Å². The van der Waals surface area contributed by atoms with Gasteiger partial charge in [0.1, 0.15) is 0 Å². The minimum atomic E-state index is 0. The van der Waals surface area contributed by atoms with Crippen molar-refractivity contribution < 1.29 is 4.79 Å². The average Bonchev–Trinajstić information content (AvgIpc) is 1.69. The molecule has 3 heteroatoms. The minimum Gasteiger partial charge on any atom is -0.653 e. The van der Waals surface area contributed by atoms with Crippen LogP contribution in [0.2, 0.25) is 0 Å². The molecule has 1 fully saturated rings. The molecule has 0 bridgehead atoms. The third-order valence-electron chi connectivity index (χ3n) is 1.09. The molecule has 2 nitrogen and oxygen atoms in total. The fourth-order valence-corrected chi connectivity index (χ4v) is 0.671. The maximum absolute atomic E-state index is 10.3. The number of piperidine rings is 1. The van der Waals surface area contributed by atoms with Crippen molar-refractivity contribution in [1.82, 2.24) is 0 Å². The van der Waals surface area contributed by atoms with E-state index < -0.39 is 0 Å². The zero-order valence-corrected chi connectivity index (χ0v) is 11.3. The van der Waals surface area contributed by atoms with Crippen molar-refractivity contribution in [1.29, 1.82) is 0 Å². The quantitative estimate of drug-likeness (QED) is 0.632. The summed E-state index contributed by atoms with van der Waals surface area (Å²) in [4.78, 5) is 10.3. The Balaban J connectivity index is 0.000000490. The number of carbonyl (C=O) groups is 1. The van der Waals surface area contributed by atoms with E-state index in [1.165, 1.54) is 0 Å². The van der Waals surface area contributed by atoms with Crippen molar-refractivity contribution in [3.8, 4) is 0 Å². The van der Waals surface area contributed by atoms with Gasteiger partial charge in [0.15, 0.2) is 0 Å². The van der Waals surface area contributed by atoms with Crippen LogP contribution in [-0.4, -0.2) is 12.5 Å². The van der Waals surface area contributed by atoms with E-state index in [1.54, 1.807) is 0 Å². The molecule has 1 heterocycles. The Labute approximate surface area is 42.9 Å². The molecule has 0 spiro atoms. The molecule has 0 atom stereocenters. The standard InChI is InChI=1S/C5H9NO.Rf/c7-5-3-1-2-4-6-5;/h1-4H2,(H,6,7);/p-1. The van der Waals surface area contributed by atoms with Gasteiger partial charge in [0.05, 0.1) is 5.91 Å². The number of hydrogen-bond acceptors (Lipinski definition) is 1. The molecular weight excluding hydrogens is 357 g/mol. The van der Waals surface area contributed by atoms with E-state index in [0.717, 1.165) is 19.4 Å². The molecule has 0 radical (unpaired) electrons. The largest absolute Gasteiger partial charge is 0.653 e. The smallest absolute Gasteiger partial charge is 0.0511 e. The zero-order chi connectivity index (χ0) is 5.11. The molecule has 8 heavy (non-hydrogen) atoms. The van der Waals surface area contributed by atoms with Crippen LogP contribution in [0.15, 0.2) is 0 Å². The van der Waals surface area contributed by atoms with E-state index in [2.05, 4.69) is 5.32 Å². The molecule has 0 saturated carbocycles. The second-order valence-corrected chi connectivity index (χ2v) is 1.73. The van der Waals surface area contributed by atoms with Crippen molar-refractivity contribution in [2.45, 2.75) is 19.3 Å². The maximum atomic E-state index is 10.3. The number of hydrogen-bond donors (Lipinski definition) is 0. The summed E-state index contributed by atoms with van der Waals surface area (Å²) in [5.41, 5.74) is 0. The van der Waals surface area contributed by atoms with Crippen molar-refractivity contribution >= 4 is 5.91 Å². The van der Waals surface area contributed by atoms with Crippen molar-refractivity contribution in [3.63, 3.8) is 0 Å². The SMILES string of the molecule is O=C1CCCC[N-]1.[Rf]. The van der Waals surface area contributed by atoms with Crippen LogP contribution in [0.3, 0.4) is 0 Å². The molecule has 1 amide bonds. The first-order valence-corrected chi connectivity index (χ1v) is 2.60. The van der Waals surface area contributed by atoms with Gasteiger partial charge in [0, 0.05) is 0 Å². The summed E-state index contributed by atoms with van der Waals surface area (Å²) in [7, 11) is 0. The third kappa shape index (κ3) is 1.29. The van der Waals surface area contributed by atoms with E-state index in [0.29, 0.717) is 6.42 Å². The summed E-state index contributed by atoms with van der Waals surface area (Å²) >= 11 is 0. The van der Waals surface area contributed by atoms with Gasteiger partial charge in [-0.25, -0.2) is 0 Å². The molecular formula is C5H8NORf-.